The fourth-order valence-corrected chi connectivity index (χ4v) is 4.62. The van der Waals surface area contributed by atoms with Crippen molar-refractivity contribution < 1.29 is 0 Å². The highest BCUT2D eigenvalue weighted by Gasteiger charge is 2.32. The Morgan fingerprint density at radius 3 is 2.10 bits per heavy atom. The lowest BCUT2D eigenvalue weighted by Crippen LogP contribution is -2.31. The van der Waals surface area contributed by atoms with Gasteiger partial charge in [-0.15, -0.1) is 0 Å². The third-order valence-corrected chi connectivity index (χ3v) is 6.01. The second-order valence-corrected chi connectivity index (χ2v) is 7.30. The Balaban J connectivity index is 1.45. The highest BCUT2D eigenvalue weighted by Crippen LogP contribution is 2.41. The summed E-state index contributed by atoms with van der Waals surface area (Å²) in [6, 6.07) is 1.79. The summed E-state index contributed by atoms with van der Waals surface area (Å²) >= 11 is 0. The van der Waals surface area contributed by atoms with Crippen LogP contribution in [0.2, 0.25) is 0 Å². The summed E-state index contributed by atoms with van der Waals surface area (Å²) in [5, 5.41) is 12.9. The molecule has 0 aromatic carbocycles. The van der Waals surface area contributed by atoms with E-state index in [2.05, 4.69) is 12.4 Å². The number of rotatable bonds is 3. The molecule has 0 heterocycles. The van der Waals surface area contributed by atoms with E-state index < -0.39 is 0 Å². The molecule has 3 heteroatoms. The van der Waals surface area contributed by atoms with Crippen molar-refractivity contribution >= 4 is 0 Å². The van der Waals surface area contributed by atoms with Gasteiger partial charge in [0.25, 0.3) is 0 Å². The summed E-state index contributed by atoms with van der Waals surface area (Å²) in [6.07, 6.45) is 14.9. The summed E-state index contributed by atoms with van der Waals surface area (Å²) in [5.74, 6) is 2.00. The highest BCUT2D eigenvalue weighted by atomic mass is 15.1. The Labute approximate surface area is 124 Å². The standard InChI is InChI=1S/C17H31N3/c1-18-15-8-10-16(11-9-15)19-20-17-7-6-13-4-2-3-5-14(13)12-17/h13-18H,2-12H2,1H3. The van der Waals surface area contributed by atoms with Gasteiger partial charge in [-0.05, 0) is 63.8 Å². The van der Waals surface area contributed by atoms with Crippen molar-refractivity contribution in [2.75, 3.05) is 7.05 Å². The van der Waals surface area contributed by atoms with E-state index in [-0.39, 0.29) is 0 Å². The lowest BCUT2D eigenvalue weighted by atomic mass is 9.69. The van der Waals surface area contributed by atoms with E-state index in [1.807, 2.05) is 0 Å². The van der Waals surface area contributed by atoms with Crippen molar-refractivity contribution in [1.29, 1.82) is 0 Å². The minimum atomic E-state index is 0.517. The molecule has 3 atom stereocenters. The van der Waals surface area contributed by atoms with Gasteiger partial charge in [0.15, 0.2) is 0 Å². The van der Waals surface area contributed by atoms with Crippen LogP contribution in [0.1, 0.15) is 70.6 Å². The smallest absolute Gasteiger partial charge is 0.0711 e. The van der Waals surface area contributed by atoms with Crippen molar-refractivity contribution in [3.8, 4) is 0 Å². The van der Waals surface area contributed by atoms with Gasteiger partial charge in [-0.25, -0.2) is 0 Å². The van der Waals surface area contributed by atoms with Gasteiger partial charge in [-0.1, -0.05) is 25.7 Å². The molecular weight excluding hydrogens is 246 g/mol. The molecule has 20 heavy (non-hydrogen) atoms. The predicted molar refractivity (Wildman–Crippen MR) is 83.0 cm³/mol. The Morgan fingerprint density at radius 1 is 0.700 bits per heavy atom. The molecule has 1 N–H and O–H groups in total. The van der Waals surface area contributed by atoms with Gasteiger partial charge >= 0.3 is 0 Å². The van der Waals surface area contributed by atoms with E-state index in [4.69, 9.17) is 10.2 Å². The van der Waals surface area contributed by atoms with Crippen LogP contribution in [0.25, 0.3) is 0 Å². The van der Waals surface area contributed by atoms with Crippen LogP contribution >= 0.6 is 0 Å². The Hall–Kier alpha value is -0.440. The van der Waals surface area contributed by atoms with Gasteiger partial charge in [-0.2, -0.15) is 10.2 Å². The molecule has 0 bridgehead atoms. The summed E-state index contributed by atoms with van der Waals surface area (Å²) in [5.41, 5.74) is 0. The molecule has 3 aliphatic carbocycles. The van der Waals surface area contributed by atoms with Crippen LogP contribution < -0.4 is 5.32 Å². The first-order valence-corrected chi connectivity index (χ1v) is 8.92. The van der Waals surface area contributed by atoms with E-state index in [0.29, 0.717) is 12.1 Å². The van der Waals surface area contributed by atoms with Gasteiger partial charge in [0.1, 0.15) is 0 Å². The van der Waals surface area contributed by atoms with Crippen LogP contribution in [-0.2, 0) is 0 Å². The number of hydrogen-bond donors (Lipinski definition) is 1. The first kappa shape index (κ1) is 14.5. The molecule has 0 spiro atoms. The Morgan fingerprint density at radius 2 is 1.35 bits per heavy atom. The number of azo groups is 1. The molecule has 3 unspecified atom stereocenters. The zero-order chi connectivity index (χ0) is 13.8. The fourth-order valence-electron chi connectivity index (χ4n) is 4.62. The summed E-state index contributed by atoms with van der Waals surface area (Å²) in [7, 11) is 2.08. The Bertz CT molecular complexity index is 320. The van der Waals surface area contributed by atoms with Crippen LogP contribution in [0.3, 0.4) is 0 Å². The maximum absolute atomic E-state index is 4.75. The molecule has 0 amide bonds. The van der Waals surface area contributed by atoms with Crippen molar-refractivity contribution in [3.63, 3.8) is 0 Å². The van der Waals surface area contributed by atoms with E-state index >= 15 is 0 Å². The molecular formula is C17H31N3. The molecule has 3 rings (SSSR count). The van der Waals surface area contributed by atoms with Crippen LogP contribution in [0.5, 0.6) is 0 Å². The average molecular weight is 277 g/mol. The van der Waals surface area contributed by atoms with E-state index in [0.717, 1.165) is 17.9 Å². The molecule has 0 aliphatic heterocycles. The minimum Gasteiger partial charge on any atom is -0.317 e. The summed E-state index contributed by atoms with van der Waals surface area (Å²) in [4.78, 5) is 0. The van der Waals surface area contributed by atoms with Gasteiger partial charge in [0.2, 0.25) is 0 Å². The molecule has 3 nitrogen and oxygen atoms in total. The van der Waals surface area contributed by atoms with Crippen LogP contribution in [0.15, 0.2) is 10.2 Å². The van der Waals surface area contributed by atoms with E-state index in [1.54, 1.807) is 0 Å². The molecule has 0 radical (unpaired) electrons. The molecule has 3 saturated carbocycles. The number of fused-ring (bicyclic) bond motifs is 1. The molecule has 0 saturated heterocycles. The number of hydrogen-bond acceptors (Lipinski definition) is 3. The van der Waals surface area contributed by atoms with Crippen molar-refractivity contribution in [2.24, 2.45) is 22.1 Å². The average Bonchev–Trinajstić information content (AvgIpc) is 2.53. The lowest BCUT2D eigenvalue weighted by Gasteiger charge is -2.37. The molecule has 0 aromatic heterocycles. The van der Waals surface area contributed by atoms with Gasteiger partial charge in [0, 0.05) is 6.04 Å². The summed E-state index contributed by atoms with van der Waals surface area (Å²) in [6.45, 7) is 0. The quantitative estimate of drug-likeness (QED) is 0.766. The monoisotopic (exact) mass is 277 g/mol. The van der Waals surface area contributed by atoms with Crippen LogP contribution in [0.4, 0.5) is 0 Å². The van der Waals surface area contributed by atoms with E-state index in [1.165, 1.54) is 70.6 Å². The van der Waals surface area contributed by atoms with Gasteiger partial charge in [-0.3, -0.25) is 0 Å². The largest absolute Gasteiger partial charge is 0.317 e. The summed E-state index contributed by atoms with van der Waals surface area (Å²) < 4.78 is 0. The van der Waals surface area contributed by atoms with Gasteiger partial charge < -0.3 is 5.32 Å². The molecule has 0 aromatic rings. The van der Waals surface area contributed by atoms with Crippen molar-refractivity contribution in [3.05, 3.63) is 0 Å². The molecule has 114 valence electrons. The first-order chi connectivity index (χ1) is 9.85. The van der Waals surface area contributed by atoms with Crippen LogP contribution in [-0.4, -0.2) is 25.2 Å². The second kappa shape index (κ2) is 7.02. The molecule has 3 aliphatic rings. The Kier molecular flexibility index (Phi) is 5.09. The van der Waals surface area contributed by atoms with Crippen molar-refractivity contribution in [1.82, 2.24) is 5.32 Å². The predicted octanol–water partition coefficient (Wildman–Crippen LogP) is 4.33. The van der Waals surface area contributed by atoms with Gasteiger partial charge in [0.05, 0.1) is 12.1 Å². The third-order valence-electron chi connectivity index (χ3n) is 6.01. The zero-order valence-electron chi connectivity index (χ0n) is 13.1. The van der Waals surface area contributed by atoms with Crippen molar-refractivity contribution in [2.45, 2.75) is 88.8 Å². The second-order valence-electron chi connectivity index (χ2n) is 7.30. The fraction of sp³-hybridized carbons (Fsp3) is 1.00. The number of nitrogens with zero attached hydrogens (tertiary/aromatic N) is 2. The highest BCUT2D eigenvalue weighted by molar-refractivity contribution is 4.86. The number of nitrogens with one attached hydrogen (secondary N) is 1. The third kappa shape index (κ3) is 3.60. The maximum Gasteiger partial charge on any atom is 0.0711 e. The normalized spacial score (nSPS) is 42.5. The first-order valence-electron chi connectivity index (χ1n) is 8.92. The van der Waals surface area contributed by atoms with E-state index in [9.17, 15) is 0 Å². The topological polar surface area (TPSA) is 36.8 Å². The SMILES string of the molecule is CNC1CCC(N=NC2CCC3CCCCC3C2)CC1. The minimum absolute atomic E-state index is 0.517. The molecule has 3 fully saturated rings. The van der Waals surface area contributed by atoms with Crippen LogP contribution in [0, 0.1) is 11.8 Å². The zero-order valence-corrected chi connectivity index (χ0v) is 13.1. The lowest BCUT2D eigenvalue weighted by molar-refractivity contribution is 0.154. The maximum atomic E-state index is 4.75.